The highest BCUT2D eigenvalue weighted by molar-refractivity contribution is 5.18. The van der Waals surface area contributed by atoms with Crippen molar-refractivity contribution in [2.75, 3.05) is 6.61 Å². The summed E-state index contributed by atoms with van der Waals surface area (Å²) in [6, 6.07) is 38.3. The van der Waals surface area contributed by atoms with Crippen molar-refractivity contribution in [2.45, 2.75) is 50.8 Å². The summed E-state index contributed by atoms with van der Waals surface area (Å²) in [6.45, 7) is 0.824. The normalized spacial score (nSPS) is 20.2. The topological polar surface area (TPSA) is 46.2 Å². The maximum atomic E-state index is 14.5. The van der Waals surface area contributed by atoms with Crippen LogP contribution in [0.5, 0.6) is 0 Å². The lowest BCUT2D eigenvalue weighted by Crippen LogP contribution is -2.56. The summed E-state index contributed by atoms with van der Waals surface area (Å²) < 4.78 is 59.9. The van der Waals surface area contributed by atoms with Crippen LogP contribution in [0.4, 0.5) is 8.78 Å². The lowest BCUT2D eigenvalue weighted by molar-refractivity contribution is -0.225. The van der Waals surface area contributed by atoms with E-state index in [0.29, 0.717) is 6.61 Å². The summed E-state index contributed by atoms with van der Waals surface area (Å²) in [7, 11) is 0. The van der Waals surface area contributed by atoms with E-state index in [9.17, 15) is 8.78 Å². The zero-order chi connectivity index (χ0) is 29.0. The first-order valence-corrected chi connectivity index (χ1v) is 14.0. The molecule has 4 aromatic rings. The van der Waals surface area contributed by atoms with Crippen molar-refractivity contribution in [3.8, 4) is 0 Å². The summed E-state index contributed by atoms with van der Waals surface area (Å²) in [5, 5.41) is 0. The smallest absolute Gasteiger partial charge is 0.310 e. The van der Waals surface area contributed by atoms with Crippen molar-refractivity contribution in [3.63, 3.8) is 0 Å². The highest BCUT2D eigenvalue weighted by Gasteiger charge is 2.48. The Balaban J connectivity index is 1.42. The second kappa shape index (κ2) is 15.4. The third-order valence-corrected chi connectivity index (χ3v) is 6.95. The van der Waals surface area contributed by atoms with Crippen molar-refractivity contribution in [2.24, 2.45) is 0 Å². The van der Waals surface area contributed by atoms with Gasteiger partial charge in [-0.3, -0.25) is 0 Å². The quantitative estimate of drug-likeness (QED) is 0.166. The van der Waals surface area contributed by atoms with E-state index >= 15 is 0 Å². The lowest BCUT2D eigenvalue weighted by Gasteiger charge is -2.43. The molecule has 4 atom stereocenters. The van der Waals surface area contributed by atoms with Gasteiger partial charge in [0.05, 0.1) is 33.0 Å². The van der Waals surface area contributed by atoms with Crippen LogP contribution in [0.1, 0.15) is 22.3 Å². The van der Waals surface area contributed by atoms with Gasteiger partial charge in [0.25, 0.3) is 0 Å². The van der Waals surface area contributed by atoms with E-state index in [1.54, 1.807) is 0 Å². The van der Waals surface area contributed by atoms with Crippen molar-refractivity contribution in [3.05, 3.63) is 155 Å². The third kappa shape index (κ3) is 8.33. The minimum absolute atomic E-state index is 0.0156. The molecular formula is C35H34F2O5. The molecule has 1 heterocycles. The molecule has 218 valence electrons. The second-order valence-electron chi connectivity index (χ2n) is 10.0. The highest BCUT2D eigenvalue weighted by Crippen LogP contribution is 2.35. The summed E-state index contributed by atoms with van der Waals surface area (Å²) in [5.41, 5.74) is 3.63. The maximum absolute atomic E-state index is 14.5. The Bertz CT molecular complexity index is 1370. The molecule has 42 heavy (non-hydrogen) atoms. The van der Waals surface area contributed by atoms with Crippen LogP contribution in [0.15, 0.2) is 133 Å². The molecule has 0 spiro atoms. The molecule has 0 radical (unpaired) electrons. The van der Waals surface area contributed by atoms with Gasteiger partial charge in [-0.2, -0.15) is 8.78 Å². The van der Waals surface area contributed by atoms with Gasteiger partial charge in [0, 0.05) is 0 Å². The van der Waals surface area contributed by atoms with Gasteiger partial charge in [-0.25, -0.2) is 0 Å². The summed E-state index contributed by atoms with van der Waals surface area (Å²) in [5.74, 6) is -0.558. The van der Waals surface area contributed by atoms with Gasteiger partial charge in [0.2, 0.25) is 0 Å². The van der Waals surface area contributed by atoms with Crippen LogP contribution in [-0.2, 0) is 50.1 Å². The van der Waals surface area contributed by atoms with Crippen molar-refractivity contribution in [1.82, 2.24) is 0 Å². The molecule has 0 amide bonds. The molecule has 1 fully saturated rings. The Morgan fingerprint density at radius 1 is 0.524 bits per heavy atom. The lowest BCUT2D eigenvalue weighted by atomic mass is 9.97. The number of ether oxygens (including phenoxy) is 5. The van der Waals surface area contributed by atoms with E-state index in [0.717, 1.165) is 22.3 Å². The molecule has 0 aromatic heterocycles. The fourth-order valence-electron chi connectivity index (χ4n) is 4.83. The molecule has 5 rings (SSSR count). The van der Waals surface area contributed by atoms with E-state index in [1.165, 1.54) is 0 Å². The molecule has 4 aromatic carbocycles. The third-order valence-electron chi connectivity index (χ3n) is 6.95. The van der Waals surface area contributed by atoms with E-state index in [1.807, 2.05) is 121 Å². The molecule has 0 N–H and O–H groups in total. The molecule has 0 unspecified atom stereocenters. The molecule has 1 aliphatic rings. The molecule has 0 aliphatic carbocycles. The van der Waals surface area contributed by atoms with Crippen molar-refractivity contribution in [1.29, 1.82) is 0 Å². The van der Waals surface area contributed by atoms with Gasteiger partial charge in [0.1, 0.15) is 18.3 Å². The molecule has 1 saturated heterocycles. The van der Waals surface area contributed by atoms with Gasteiger partial charge in [-0.1, -0.05) is 121 Å². The second-order valence-corrected chi connectivity index (χ2v) is 10.0. The van der Waals surface area contributed by atoms with Crippen LogP contribution < -0.4 is 0 Å². The highest BCUT2D eigenvalue weighted by atomic mass is 19.3. The Morgan fingerprint density at radius 3 is 1.38 bits per heavy atom. The van der Waals surface area contributed by atoms with E-state index in [4.69, 9.17) is 23.7 Å². The Kier molecular flexibility index (Phi) is 10.8. The number of halogens is 2. The first-order valence-electron chi connectivity index (χ1n) is 14.0. The molecule has 5 nitrogen and oxygen atoms in total. The number of benzene rings is 4. The first-order chi connectivity index (χ1) is 20.7. The van der Waals surface area contributed by atoms with Gasteiger partial charge in [-0.05, 0) is 22.3 Å². The maximum Gasteiger partial charge on any atom is 0.310 e. The average Bonchev–Trinajstić information content (AvgIpc) is 3.04. The van der Waals surface area contributed by atoms with E-state index in [2.05, 4.69) is 0 Å². The standard InChI is InChI=1S/C35H34F2O5/c36-35(37)34-33(41-24-29-19-11-4-12-20-29)32(40-23-28-17-9-3-10-18-28)31(39-22-27-15-7-2-8-16-27)30(42-34)25-38-21-26-13-5-1-6-14-26/h1-20,30-33H,21-25H2/t30-,31-,32+,33-/m1/s1. The SMILES string of the molecule is FC(F)=C1O[C@H](COCc2ccccc2)[C@@H](OCc2ccccc2)[C@H](OCc2ccccc2)[C@H]1OCc1ccccc1. The van der Waals surface area contributed by atoms with E-state index in [-0.39, 0.29) is 26.4 Å². The monoisotopic (exact) mass is 572 g/mol. The van der Waals surface area contributed by atoms with Crippen LogP contribution in [0, 0.1) is 0 Å². The summed E-state index contributed by atoms with van der Waals surface area (Å²) in [4.78, 5) is 0. The zero-order valence-electron chi connectivity index (χ0n) is 23.2. The largest absolute Gasteiger partial charge is 0.481 e. The Hall–Kier alpha value is -3.88. The van der Waals surface area contributed by atoms with Gasteiger partial charge in [-0.15, -0.1) is 0 Å². The van der Waals surface area contributed by atoms with Crippen LogP contribution in [-0.4, -0.2) is 31.0 Å². The summed E-state index contributed by atoms with van der Waals surface area (Å²) in [6.07, 6.45) is -5.71. The molecular weight excluding hydrogens is 538 g/mol. The fraction of sp³-hybridized carbons (Fsp3) is 0.257. The Labute approximate surface area is 245 Å². The molecule has 7 heteroatoms. The van der Waals surface area contributed by atoms with Gasteiger partial charge in [0.15, 0.2) is 11.9 Å². The molecule has 1 aliphatic heterocycles. The van der Waals surface area contributed by atoms with Crippen LogP contribution in [0.2, 0.25) is 0 Å². The summed E-state index contributed by atoms with van der Waals surface area (Å²) >= 11 is 0. The minimum Gasteiger partial charge on any atom is -0.481 e. The van der Waals surface area contributed by atoms with Crippen molar-refractivity contribution < 1.29 is 32.5 Å². The first kappa shape index (κ1) is 29.6. The predicted molar refractivity (Wildman–Crippen MR) is 155 cm³/mol. The number of rotatable bonds is 13. The number of hydrogen-bond acceptors (Lipinski definition) is 5. The van der Waals surface area contributed by atoms with Crippen LogP contribution >= 0.6 is 0 Å². The van der Waals surface area contributed by atoms with Gasteiger partial charge >= 0.3 is 6.08 Å². The van der Waals surface area contributed by atoms with Crippen LogP contribution in [0.3, 0.4) is 0 Å². The minimum atomic E-state index is -1.96. The number of hydrogen-bond donors (Lipinski definition) is 0. The van der Waals surface area contributed by atoms with Crippen LogP contribution in [0.25, 0.3) is 0 Å². The zero-order valence-corrected chi connectivity index (χ0v) is 23.2. The Morgan fingerprint density at radius 2 is 0.929 bits per heavy atom. The molecule has 0 bridgehead atoms. The fourth-order valence-corrected chi connectivity index (χ4v) is 4.83. The molecule has 0 saturated carbocycles. The average molecular weight is 573 g/mol. The predicted octanol–water partition coefficient (Wildman–Crippen LogP) is 7.47. The van der Waals surface area contributed by atoms with Crippen molar-refractivity contribution >= 4 is 0 Å². The van der Waals surface area contributed by atoms with Gasteiger partial charge < -0.3 is 23.7 Å². The van der Waals surface area contributed by atoms with E-state index < -0.39 is 36.3 Å².